The Hall–Kier alpha value is -2.20. The number of amides is 1. The lowest BCUT2D eigenvalue weighted by Gasteiger charge is -2.18. The van der Waals surface area contributed by atoms with Crippen molar-refractivity contribution in [2.45, 2.75) is 33.3 Å². The van der Waals surface area contributed by atoms with Gasteiger partial charge in [-0.15, -0.1) is 0 Å². The largest absolute Gasteiger partial charge is 0.497 e. The van der Waals surface area contributed by atoms with Crippen LogP contribution < -0.4 is 14.8 Å². The molecule has 0 aromatic heterocycles. The predicted molar refractivity (Wildman–Crippen MR) is 97.3 cm³/mol. The van der Waals surface area contributed by atoms with Gasteiger partial charge in [0.15, 0.2) is 6.10 Å². The number of nitrogens with one attached hydrogen (secondary N) is 1. The minimum absolute atomic E-state index is 0.244. The Morgan fingerprint density at radius 1 is 1.12 bits per heavy atom. The second-order valence-corrected chi connectivity index (χ2v) is 6.08. The van der Waals surface area contributed by atoms with E-state index in [1.54, 1.807) is 25.3 Å². The highest BCUT2D eigenvalue weighted by atomic mass is 35.5. The van der Waals surface area contributed by atoms with Gasteiger partial charge in [-0.3, -0.25) is 4.79 Å². The fourth-order valence-corrected chi connectivity index (χ4v) is 2.59. The molecule has 5 heteroatoms. The highest BCUT2D eigenvalue weighted by molar-refractivity contribution is 6.33. The van der Waals surface area contributed by atoms with Gasteiger partial charge >= 0.3 is 0 Å². The zero-order valence-electron chi connectivity index (χ0n) is 14.4. The molecule has 0 aliphatic carbocycles. The summed E-state index contributed by atoms with van der Waals surface area (Å²) in [5, 5.41) is 3.26. The van der Waals surface area contributed by atoms with E-state index in [9.17, 15) is 4.79 Å². The molecule has 24 heavy (non-hydrogen) atoms. The molecule has 0 aliphatic rings. The fraction of sp³-hybridized carbons (Fsp3) is 0.316. The van der Waals surface area contributed by atoms with Crippen molar-refractivity contribution in [1.29, 1.82) is 0 Å². The van der Waals surface area contributed by atoms with E-state index in [0.717, 1.165) is 11.1 Å². The first-order chi connectivity index (χ1) is 11.4. The first-order valence-electron chi connectivity index (χ1n) is 7.82. The number of carbonyl (C=O) groups is 1. The quantitative estimate of drug-likeness (QED) is 0.819. The highest BCUT2D eigenvalue weighted by Crippen LogP contribution is 2.27. The van der Waals surface area contributed by atoms with Crippen LogP contribution >= 0.6 is 11.6 Å². The second-order valence-electron chi connectivity index (χ2n) is 5.67. The molecule has 2 aromatic rings. The van der Waals surface area contributed by atoms with Crippen molar-refractivity contribution >= 4 is 23.2 Å². The SMILES string of the molecule is CCC(Oc1cc(C)cc(C)c1)C(=O)Nc1cc(OC)ccc1Cl. The van der Waals surface area contributed by atoms with E-state index < -0.39 is 6.10 Å². The summed E-state index contributed by atoms with van der Waals surface area (Å²) in [7, 11) is 1.56. The summed E-state index contributed by atoms with van der Waals surface area (Å²) in [6, 6.07) is 11.0. The highest BCUT2D eigenvalue weighted by Gasteiger charge is 2.20. The summed E-state index contributed by atoms with van der Waals surface area (Å²) in [6.45, 7) is 5.90. The Labute approximate surface area is 147 Å². The Balaban J connectivity index is 2.14. The summed E-state index contributed by atoms with van der Waals surface area (Å²) < 4.78 is 11.0. The van der Waals surface area contributed by atoms with E-state index in [-0.39, 0.29) is 5.91 Å². The summed E-state index contributed by atoms with van der Waals surface area (Å²) >= 11 is 6.14. The third-order valence-corrected chi connectivity index (χ3v) is 3.90. The number of hydrogen-bond acceptors (Lipinski definition) is 3. The Morgan fingerprint density at radius 2 is 1.79 bits per heavy atom. The molecular weight excluding hydrogens is 326 g/mol. The van der Waals surface area contributed by atoms with Crippen molar-refractivity contribution in [1.82, 2.24) is 0 Å². The van der Waals surface area contributed by atoms with Gasteiger partial charge in [-0.2, -0.15) is 0 Å². The van der Waals surface area contributed by atoms with Gasteiger partial charge in [0.1, 0.15) is 11.5 Å². The number of rotatable bonds is 6. The molecule has 0 aliphatic heterocycles. The van der Waals surface area contributed by atoms with E-state index in [1.807, 2.05) is 32.9 Å². The number of ether oxygens (including phenoxy) is 2. The van der Waals surface area contributed by atoms with E-state index in [4.69, 9.17) is 21.1 Å². The molecule has 2 rings (SSSR count). The summed E-state index contributed by atoms with van der Waals surface area (Å²) in [5.74, 6) is 1.07. The van der Waals surface area contributed by atoms with Crippen LogP contribution in [0.5, 0.6) is 11.5 Å². The molecule has 4 nitrogen and oxygen atoms in total. The van der Waals surface area contributed by atoms with Crippen LogP contribution in [0.1, 0.15) is 24.5 Å². The maximum Gasteiger partial charge on any atom is 0.265 e. The van der Waals surface area contributed by atoms with Crippen LogP contribution in [0.25, 0.3) is 0 Å². The molecule has 1 atom stereocenters. The maximum atomic E-state index is 12.5. The number of carbonyl (C=O) groups excluding carboxylic acids is 1. The van der Waals surface area contributed by atoms with Crippen LogP contribution in [-0.4, -0.2) is 19.1 Å². The average Bonchev–Trinajstić information content (AvgIpc) is 2.53. The topological polar surface area (TPSA) is 47.6 Å². The lowest BCUT2D eigenvalue weighted by Crippen LogP contribution is -2.32. The van der Waals surface area contributed by atoms with Crippen molar-refractivity contribution in [3.8, 4) is 11.5 Å². The minimum atomic E-state index is -0.603. The normalized spacial score (nSPS) is 11.7. The molecule has 0 saturated heterocycles. The van der Waals surface area contributed by atoms with Crippen molar-refractivity contribution in [3.05, 3.63) is 52.5 Å². The number of anilines is 1. The van der Waals surface area contributed by atoms with Crippen LogP contribution in [0.2, 0.25) is 5.02 Å². The second kappa shape index (κ2) is 8.06. The van der Waals surface area contributed by atoms with Gasteiger partial charge in [-0.05, 0) is 55.7 Å². The molecule has 1 amide bonds. The van der Waals surface area contributed by atoms with Gasteiger partial charge in [0.05, 0.1) is 17.8 Å². The molecular formula is C19H22ClNO3. The van der Waals surface area contributed by atoms with Gasteiger partial charge in [-0.25, -0.2) is 0 Å². The van der Waals surface area contributed by atoms with Crippen molar-refractivity contribution in [2.75, 3.05) is 12.4 Å². The average molecular weight is 348 g/mol. The molecule has 128 valence electrons. The molecule has 0 heterocycles. The number of methoxy groups -OCH3 is 1. The minimum Gasteiger partial charge on any atom is -0.497 e. The summed E-state index contributed by atoms with van der Waals surface area (Å²) in [6.07, 6.45) is -0.0612. The zero-order valence-corrected chi connectivity index (χ0v) is 15.1. The predicted octanol–water partition coefficient (Wildman–Crippen LogP) is 4.76. The van der Waals surface area contributed by atoms with Gasteiger partial charge in [-0.1, -0.05) is 24.6 Å². The van der Waals surface area contributed by atoms with E-state index in [0.29, 0.717) is 28.6 Å². The standard InChI is InChI=1S/C19H22ClNO3/c1-5-18(24-15-9-12(2)8-13(3)10-15)19(22)21-17-11-14(23-4)6-7-16(17)20/h6-11,18H,5H2,1-4H3,(H,21,22). The maximum absolute atomic E-state index is 12.5. The summed E-state index contributed by atoms with van der Waals surface area (Å²) in [5.41, 5.74) is 2.69. The van der Waals surface area contributed by atoms with Crippen LogP contribution in [0.3, 0.4) is 0 Å². The van der Waals surface area contributed by atoms with Gasteiger partial charge < -0.3 is 14.8 Å². The molecule has 1 N–H and O–H groups in total. The van der Waals surface area contributed by atoms with Crippen molar-refractivity contribution in [3.63, 3.8) is 0 Å². The molecule has 1 unspecified atom stereocenters. The first kappa shape index (κ1) is 18.1. The lowest BCUT2D eigenvalue weighted by molar-refractivity contribution is -0.122. The first-order valence-corrected chi connectivity index (χ1v) is 8.20. The van der Waals surface area contributed by atoms with Crippen LogP contribution in [0, 0.1) is 13.8 Å². The Kier molecular flexibility index (Phi) is 6.10. The van der Waals surface area contributed by atoms with Crippen molar-refractivity contribution < 1.29 is 14.3 Å². The number of halogens is 1. The number of hydrogen-bond donors (Lipinski definition) is 1. The molecule has 2 aromatic carbocycles. The molecule has 0 spiro atoms. The third kappa shape index (κ3) is 4.65. The van der Waals surface area contributed by atoms with E-state index in [1.165, 1.54) is 0 Å². The molecule has 0 radical (unpaired) electrons. The Bertz CT molecular complexity index is 710. The van der Waals surface area contributed by atoms with E-state index >= 15 is 0 Å². The molecule has 0 fully saturated rings. The van der Waals surface area contributed by atoms with Gasteiger partial charge in [0.25, 0.3) is 5.91 Å². The molecule has 0 saturated carbocycles. The third-order valence-electron chi connectivity index (χ3n) is 3.57. The lowest BCUT2D eigenvalue weighted by atomic mass is 10.1. The smallest absolute Gasteiger partial charge is 0.265 e. The van der Waals surface area contributed by atoms with Crippen molar-refractivity contribution in [2.24, 2.45) is 0 Å². The monoisotopic (exact) mass is 347 g/mol. The van der Waals surface area contributed by atoms with Crippen LogP contribution in [-0.2, 0) is 4.79 Å². The fourth-order valence-electron chi connectivity index (χ4n) is 2.43. The van der Waals surface area contributed by atoms with Gasteiger partial charge in [0, 0.05) is 6.07 Å². The van der Waals surface area contributed by atoms with Crippen LogP contribution in [0.15, 0.2) is 36.4 Å². The molecule has 0 bridgehead atoms. The zero-order chi connectivity index (χ0) is 17.7. The van der Waals surface area contributed by atoms with Gasteiger partial charge in [0.2, 0.25) is 0 Å². The Morgan fingerprint density at radius 3 is 2.38 bits per heavy atom. The van der Waals surface area contributed by atoms with Crippen LogP contribution in [0.4, 0.5) is 5.69 Å². The summed E-state index contributed by atoms with van der Waals surface area (Å²) in [4.78, 5) is 12.5. The van der Waals surface area contributed by atoms with E-state index in [2.05, 4.69) is 11.4 Å². The number of benzene rings is 2. The number of aryl methyl sites for hydroxylation is 2.